The first-order valence-electron chi connectivity index (χ1n) is 12.4. The average molecular weight is 532 g/mol. The molecule has 0 saturated carbocycles. The van der Waals surface area contributed by atoms with Crippen LogP contribution < -0.4 is 24.8 Å². The molecule has 0 fully saturated rings. The molecule has 3 aromatic carbocycles. The predicted octanol–water partition coefficient (Wildman–Crippen LogP) is 6.49. The van der Waals surface area contributed by atoms with E-state index in [4.69, 9.17) is 14.2 Å². The molecule has 0 radical (unpaired) electrons. The van der Waals surface area contributed by atoms with Crippen LogP contribution >= 0.6 is 0 Å². The molecule has 1 heterocycles. The number of carbonyl (C=O) groups is 2. The number of pyridine rings is 1. The van der Waals surface area contributed by atoms with Crippen LogP contribution in [-0.4, -0.2) is 31.0 Å². The van der Waals surface area contributed by atoms with E-state index >= 15 is 0 Å². The molecule has 4 rings (SSSR count). The number of ether oxygens (including phenoxy) is 3. The summed E-state index contributed by atoms with van der Waals surface area (Å²) in [5, 5.41) is 6.32. The Morgan fingerprint density at radius 2 is 1.56 bits per heavy atom. The number of anilines is 2. The smallest absolute Gasteiger partial charge is 0.239 e. The highest BCUT2D eigenvalue weighted by atomic mass is 19.1. The number of nitrogens with zero attached hydrogens (tertiary/aromatic N) is 1. The van der Waals surface area contributed by atoms with Gasteiger partial charge in [-0.15, -0.1) is 0 Å². The van der Waals surface area contributed by atoms with Crippen molar-refractivity contribution in [1.29, 1.82) is 0 Å². The number of hydrogen-bond acceptors (Lipinski definition) is 6. The molecule has 4 aromatic rings. The van der Waals surface area contributed by atoms with Crippen molar-refractivity contribution in [3.8, 4) is 23.0 Å². The van der Waals surface area contributed by atoms with Crippen molar-refractivity contribution in [2.75, 3.05) is 24.9 Å². The Labute approximate surface area is 226 Å². The number of halogens is 1. The van der Waals surface area contributed by atoms with Crippen LogP contribution in [0, 0.1) is 18.2 Å². The lowest BCUT2D eigenvalue weighted by atomic mass is 9.85. The van der Waals surface area contributed by atoms with Crippen molar-refractivity contribution >= 4 is 34.1 Å². The third-order valence-corrected chi connectivity index (χ3v) is 6.69. The third-order valence-electron chi connectivity index (χ3n) is 6.69. The summed E-state index contributed by atoms with van der Waals surface area (Å²) in [4.78, 5) is 30.7. The van der Waals surface area contributed by atoms with E-state index in [9.17, 15) is 14.0 Å². The number of hydrogen-bond donors (Lipinski definition) is 2. The molecule has 0 spiro atoms. The van der Waals surface area contributed by atoms with E-state index in [0.29, 0.717) is 39.9 Å². The zero-order valence-corrected chi connectivity index (χ0v) is 22.4. The van der Waals surface area contributed by atoms with Gasteiger partial charge in [-0.1, -0.05) is 6.92 Å². The minimum atomic E-state index is -1.36. The number of aryl methyl sites for hydroxylation is 1. The molecule has 39 heavy (non-hydrogen) atoms. The minimum Gasteiger partial charge on any atom is -0.493 e. The first-order valence-corrected chi connectivity index (χ1v) is 12.4. The maximum atomic E-state index is 13.2. The van der Waals surface area contributed by atoms with E-state index in [1.54, 1.807) is 70.7 Å². The van der Waals surface area contributed by atoms with Gasteiger partial charge in [-0.2, -0.15) is 0 Å². The second kappa shape index (κ2) is 11.4. The largest absolute Gasteiger partial charge is 0.493 e. The number of benzene rings is 3. The fourth-order valence-corrected chi connectivity index (χ4v) is 3.99. The van der Waals surface area contributed by atoms with Gasteiger partial charge in [-0.25, -0.2) is 4.39 Å². The van der Waals surface area contributed by atoms with E-state index in [0.717, 1.165) is 10.9 Å². The molecule has 0 aliphatic heterocycles. The van der Waals surface area contributed by atoms with Crippen molar-refractivity contribution in [1.82, 2.24) is 4.98 Å². The lowest BCUT2D eigenvalue weighted by Crippen LogP contribution is -2.43. The first-order chi connectivity index (χ1) is 18.7. The van der Waals surface area contributed by atoms with E-state index in [2.05, 4.69) is 15.6 Å². The Kier molecular flexibility index (Phi) is 7.99. The van der Waals surface area contributed by atoms with Gasteiger partial charge in [0.15, 0.2) is 11.5 Å². The van der Waals surface area contributed by atoms with Crippen molar-refractivity contribution in [2.24, 2.45) is 5.41 Å². The lowest BCUT2D eigenvalue weighted by Gasteiger charge is -2.26. The van der Waals surface area contributed by atoms with Gasteiger partial charge in [-0.3, -0.25) is 14.6 Å². The van der Waals surface area contributed by atoms with Gasteiger partial charge in [0.05, 0.1) is 19.7 Å². The van der Waals surface area contributed by atoms with Crippen LogP contribution in [0.25, 0.3) is 10.9 Å². The maximum Gasteiger partial charge on any atom is 0.239 e. The summed E-state index contributed by atoms with van der Waals surface area (Å²) in [6.45, 7) is 5.17. The second-order valence-electron chi connectivity index (χ2n) is 9.21. The van der Waals surface area contributed by atoms with E-state index in [1.165, 1.54) is 24.3 Å². The van der Waals surface area contributed by atoms with Gasteiger partial charge in [0.2, 0.25) is 11.8 Å². The van der Waals surface area contributed by atoms with Gasteiger partial charge in [0, 0.05) is 29.0 Å². The van der Waals surface area contributed by atoms with Crippen LogP contribution in [0.1, 0.15) is 25.8 Å². The van der Waals surface area contributed by atoms with Crippen molar-refractivity contribution in [2.45, 2.75) is 27.2 Å². The molecule has 1 unspecified atom stereocenters. The van der Waals surface area contributed by atoms with Crippen molar-refractivity contribution < 1.29 is 28.2 Å². The molecular formula is C30H30FN3O5. The highest BCUT2D eigenvalue weighted by molar-refractivity contribution is 6.14. The standard InChI is InChI=1S/C30H30FN3O5/c1-6-30(3,28(35)33-20-9-7-19(31)8-10-20)29(36)34-23-12-11-21(15-18(23)2)39-25-13-14-32-24-17-27(38-5)26(37-4)16-22(24)25/h7-17H,6H2,1-5H3,(H,33,35)(H,34,36). The summed E-state index contributed by atoms with van der Waals surface area (Å²) >= 11 is 0. The van der Waals surface area contributed by atoms with Gasteiger partial charge >= 0.3 is 0 Å². The Balaban J connectivity index is 1.52. The zero-order chi connectivity index (χ0) is 28.2. The fraction of sp³-hybridized carbons (Fsp3) is 0.233. The summed E-state index contributed by atoms with van der Waals surface area (Å²) in [6.07, 6.45) is 1.91. The van der Waals surface area contributed by atoms with Gasteiger partial charge in [0.25, 0.3) is 0 Å². The molecule has 1 atom stereocenters. The Hall–Kier alpha value is -4.66. The van der Waals surface area contributed by atoms with Crippen LogP contribution in [0.5, 0.6) is 23.0 Å². The zero-order valence-electron chi connectivity index (χ0n) is 22.4. The predicted molar refractivity (Wildman–Crippen MR) is 148 cm³/mol. The van der Waals surface area contributed by atoms with Crippen molar-refractivity contribution in [3.05, 3.63) is 78.2 Å². The Morgan fingerprint density at radius 3 is 2.21 bits per heavy atom. The Bertz CT molecular complexity index is 1520. The lowest BCUT2D eigenvalue weighted by molar-refractivity contribution is -0.136. The molecule has 2 amide bonds. The summed E-state index contributed by atoms with van der Waals surface area (Å²) in [6, 6.07) is 16.0. The van der Waals surface area contributed by atoms with Crippen LogP contribution in [-0.2, 0) is 9.59 Å². The van der Waals surface area contributed by atoms with E-state index in [1.807, 2.05) is 6.92 Å². The molecular weight excluding hydrogens is 501 g/mol. The molecule has 0 saturated heterocycles. The summed E-state index contributed by atoms with van der Waals surface area (Å²) < 4.78 is 30.2. The number of nitrogens with one attached hydrogen (secondary N) is 2. The number of rotatable bonds is 9. The average Bonchev–Trinajstić information content (AvgIpc) is 2.94. The molecule has 1 aromatic heterocycles. The highest BCUT2D eigenvalue weighted by Crippen LogP contribution is 2.37. The SMILES string of the molecule is CCC(C)(C(=O)Nc1ccc(F)cc1)C(=O)Nc1ccc(Oc2ccnc3cc(OC)c(OC)cc23)cc1C. The molecule has 0 aliphatic carbocycles. The van der Waals surface area contributed by atoms with Crippen LogP contribution in [0.4, 0.5) is 15.8 Å². The summed E-state index contributed by atoms with van der Waals surface area (Å²) in [5.74, 6) is 0.902. The second-order valence-corrected chi connectivity index (χ2v) is 9.21. The quantitative estimate of drug-likeness (QED) is 0.240. The third kappa shape index (κ3) is 5.77. The normalized spacial score (nSPS) is 12.4. The number of carbonyl (C=O) groups excluding carboxylic acids is 2. The number of aromatic nitrogens is 1. The topological polar surface area (TPSA) is 98.8 Å². The Morgan fingerprint density at radius 1 is 0.897 bits per heavy atom. The van der Waals surface area contributed by atoms with Crippen LogP contribution in [0.15, 0.2) is 66.9 Å². The van der Waals surface area contributed by atoms with Gasteiger partial charge in [-0.05, 0) is 80.4 Å². The van der Waals surface area contributed by atoms with E-state index in [-0.39, 0.29) is 6.42 Å². The highest BCUT2D eigenvalue weighted by Gasteiger charge is 2.39. The van der Waals surface area contributed by atoms with E-state index < -0.39 is 23.0 Å². The molecule has 0 aliphatic rings. The fourth-order valence-electron chi connectivity index (χ4n) is 3.99. The monoisotopic (exact) mass is 531 g/mol. The van der Waals surface area contributed by atoms with Crippen LogP contribution in [0.2, 0.25) is 0 Å². The molecule has 202 valence electrons. The summed E-state index contributed by atoms with van der Waals surface area (Å²) in [5.41, 5.74) is 1.03. The van der Waals surface area contributed by atoms with Crippen LogP contribution in [0.3, 0.4) is 0 Å². The minimum absolute atomic E-state index is 0.259. The van der Waals surface area contributed by atoms with Crippen molar-refractivity contribution in [3.63, 3.8) is 0 Å². The van der Waals surface area contributed by atoms with Gasteiger partial charge in [0.1, 0.15) is 22.7 Å². The number of fused-ring (bicyclic) bond motifs is 1. The number of methoxy groups -OCH3 is 2. The maximum absolute atomic E-state index is 13.2. The first kappa shape index (κ1) is 27.4. The molecule has 9 heteroatoms. The molecule has 8 nitrogen and oxygen atoms in total. The molecule has 2 N–H and O–H groups in total. The molecule has 0 bridgehead atoms. The summed E-state index contributed by atoms with van der Waals surface area (Å²) in [7, 11) is 3.13. The van der Waals surface area contributed by atoms with Gasteiger partial charge < -0.3 is 24.8 Å². The number of amides is 2.